The standard InChI is InChI=1S/C18H15N3O4/c19-9-14(17(23)21-15-2-1-3-16(22)8-15)11-20-10-12-4-6-13(7-5-12)18(24)25/h1-8,11,20,22H,10H2,(H,21,23)(H,24,25)/b14-11-. The Morgan fingerprint density at radius 2 is 1.88 bits per heavy atom. The van der Waals surface area contributed by atoms with E-state index in [9.17, 15) is 14.7 Å². The van der Waals surface area contributed by atoms with Crippen molar-refractivity contribution in [1.82, 2.24) is 5.32 Å². The number of phenols is 1. The molecule has 25 heavy (non-hydrogen) atoms. The van der Waals surface area contributed by atoms with Gasteiger partial charge in [-0.1, -0.05) is 18.2 Å². The number of hydrogen-bond donors (Lipinski definition) is 4. The van der Waals surface area contributed by atoms with Crippen molar-refractivity contribution in [2.24, 2.45) is 0 Å². The summed E-state index contributed by atoms with van der Waals surface area (Å²) >= 11 is 0. The molecule has 0 aliphatic rings. The number of benzene rings is 2. The summed E-state index contributed by atoms with van der Waals surface area (Å²) in [5.74, 6) is -1.61. The zero-order valence-corrected chi connectivity index (χ0v) is 13.1. The molecule has 1 amide bonds. The van der Waals surface area contributed by atoms with Gasteiger partial charge in [-0.05, 0) is 29.8 Å². The molecule has 0 aliphatic carbocycles. The predicted molar refractivity (Wildman–Crippen MR) is 90.7 cm³/mol. The van der Waals surface area contributed by atoms with Crippen molar-refractivity contribution in [2.75, 3.05) is 5.32 Å². The third-order valence-electron chi connectivity index (χ3n) is 3.22. The summed E-state index contributed by atoms with van der Waals surface area (Å²) < 4.78 is 0. The van der Waals surface area contributed by atoms with Gasteiger partial charge in [-0.2, -0.15) is 5.26 Å². The maximum Gasteiger partial charge on any atom is 0.335 e. The van der Waals surface area contributed by atoms with Crippen molar-refractivity contribution in [3.05, 3.63) is 71.4 Å². The highest BCUT2D eigenvalue weighted by Crippen LogP contribution is 2.15. The van der Waals surface area contributed by atoms with Gasteiger partial charge in [0.2, 0.25) is 0 Å². The third-order valence-corrected chi connectivity index (χ3v) is 3.22. The van der Waals surface area contributed by atoms with E-state index < -0.39 is 11.9 Å². The van der Waals surface area contributed by atoms with Crippen LogP contribution in [-0.4, -0.2) is 22.1 Å². The van der Waals surface area contributed by atoms with Crippen LogP contribution in [0, 0.1) is 11.3 Å². The molecule has 126 valence electrons. The quantitative estimate of drug-likeness (QED) is 0.473. The first-order chi connectivity index (χ1) is 12.0. The maximum absolute atomic E-state index is 12.0. The molecule has 0 bridgehead atoms. The van der Waals surface area contributed by atoms with E-state index in [1.807, 2.05) is 0 Å². The van der Waals surface area contributed by atoms with Crippen LogP contribution in [0.3, 0.4) is 0 Å². The van der Waals surface area contributed by atoms with Gasteiger partial charge in [-0.25, -0.2) is 4.79 Å². The van der Waals surface area contributed by atoms with Gasteiger partial charge in [0.1, 0.15) is 17.4 Å². The van der Waals surface area contributed by atoms with Crippen LogP contribution in [0.25, 0.3) is 0 Å². The van der Waals surface area contributed by atoms with E-state index >= 15 is 0 Å². The Balaban J connectivity index is 1.96. The van der Waals surface area contributed by atoms with E-state index in [1.165, 1.54) is 30.5 Å². The van der Waals surface area contributed by atoms with E-state index in [0.717, 1.165) is 5.56 Å². The van der Waals surface area contributed by atoms with Crippen LogP contribution in [0.2, 0.25) is 0 Å². The van der Waals surface area contributed by atoms with Crippen molar-refractivity contribution < 1.29 is 19.8 Å². The number of aromatic carboxylic acids is 1. The summed E-state index contributed by atoms with van der Waals surface area (Å²) in [6, 6.07) is 14.0. The number of carboxylic acids is 1. The summed E-state index contributed by atoms with van der Waals surface area (Å²) in [5.41, 5.74) is 1.22. The van der Waals surface area contributed by atoms with Crippen LogP contribution < -0.4 is 10.6 Å². The first kappa shape index (κ1) is 17.6. The number of hydrogen-bond acceptors (Lipinski definition) is 5. The highest BCUT2D eigenvalue weighted by atomic mass is 16.4. The minimum atomic E-state index is -1.00. The number of nitriles is 1. The first-order valence-electron chi connectivity index (χ1n) is 7.26. The lowest BCUT2D eigenvalue weighted by Crippen LogP contribution is -2.16. The Morgan fingerprint density at radius 3 is 2.48 bits per heavy atom. The summed E-state index contributed by atoms with van der Waals surface area (Å²) in [5, 5.41) is 32.6. The summed E-state index contributed by atoms with van der Waals surface area (Å²) in [4.78, 5) is 22.8. The van der Waals surface area contributed by atoms with E-state index in [-0.39, 0.29) is 16.9 Å². The second kappa shape index (κ2) is 8.17. The fourth-order valence-corrected chi connectivity index (χ4v) is 1.97. The largest absolute Gasteiger partial charge is 0.508 e. The van der Waals surface area contributed by atoms with Crippen molar-refractivity contribution >= 4 is 17.6 Å². The van der Waals surface area contributed by atoms with Gasteiger partial charge in [0.15, 0.2) is 0 Å². The molecule has 0 saturated carbocycles. The Kier molecular flexibility index (Phi) is 5.74. The fourth-order valence-electron chi connectivity index (χ4n) is 1.97. The van der Waals surface area contributed by atoms with E-state index in [0.29, 0.717) is 12.2 Å². The van der Waals surface area contributed by atoms with Crippen molar-refractivity contribution in [3.8, 4) is 11.8 Å². The zero-order valence-electron chi connectivity index (χ0n) is 13.1. The number of rotatable bonds is 6. The minimum absolute atomic E-state index is 0.00298. The summed E-state index contributed by atoms with van der Waals surface area (Å²) in [6.45, 7) is 0.324. The average Bonchev–Trinajstić information content (AvgIpc) is 2.59. The smallest absolute Gasteiger partial charge is 0.335 e. The summed E-state index contributed by atoms with van der Waals surface area (Å²) in [7, 11) is 0. The number of carbonyl (C=O) groups is 2. The number of amides is 1. The Labute approximate surface area is 143 Å². The number of nitrogens with zero attached hydrogens (tertiary/aromatic N) is 1. The molecule has 0 saturated heterocycles. The summed E-state index contributed by atoms with van der Waals surface area (Å²) in [6.07, 6.45) is 1.28. The van der Waals surface area contributed by atoms with E-state index in [2.05, 4.69) is 10.6 Å². The van der Waals surface area contributed by atoms with Crippen LogP contribution in [0.15, 0.2) is 60.3 Å². The molecule has 0 aromatic heterocycles. The lowest BCUT2D eigenvalue weighted by molar-refractivity contribution is -0.112. The molecular formula is C18H15N3O4. The molecule has 2 aromatic carbocycles. The van der Waals surface area contributed by atoms with E-state index in [4.69, 9.17) is 10.4 Å². The van der Waals surface area contributed by atoms with Crippen molar-refractivity contribution in [2.45, 2.75) is 6.54 Å². The minimum Gasteiger partial charge on any atom is -0.508 e. The SMILES string of the molecule is N#C/C(=C/NCc1ccc(C(=O)O)cc1)C(=O)Nc1cccc(O)c1. The lowest BCUT2D eigenvalue weighted by Gasteiger charge is -2.06. The molecule has 4 N–H and O–H groups in total. The van der Waals surface area contributed by atoms with Gasteiger partial charge in [0, 0.05) is 24.5 Å². The molecule has 7 heteroatoms. The first-order valence-corrected chi connectivity index (χ1v) is 7.26. The molecule has 0 spiro atoms. The van der Waals surface area contributed by atoms with Crippen LogP contribution in [0.1, 0.15) is 15.9 Å². The normalized spacial score (nSPS) is 10.6. The van der Waals surface area contributed by atoms with Gasteiger partial charge in [0.05, 0.1) is 5.56 Å². The van der Waals surface area contributed by atoms with Crippen LogP contribution in [0.4, 0.5) is 5.69 Å². The fraction of sp³-hybridized carbons (Fsp3) is 0.0556. The average molecular weight is 337 g/mol. The Hall–Kier alpha value is -3.79. The number of carbonyl (C=O) groups excluding carboxylic acids is 1. The van der Waals surface area contributed by atoms with Crippen LogP contribution in [-0.2, 0) is 11.3 Å². The molecular weight excluding hydrogens is 322 g/mol. The number of carboxylic acid groups (broad SMARTS) is 1. The number of nitrogens with one attached hydrogen (secondary N) is 2. The van der Waals surface area contributed by atoms with E-state index in [1.54, 1.807) is 30.3 Å². The lowest BCUT2D eigenvalue weighted by atomic mass is 10.1. The Morgan fingerprint density at radius 1 is 1.16 bits per heavy atom. The number of anilines is 1. The monoisotopic (exact) mass is 337 g/mol. The highest BCUT2D eigenvalue weighted by Gasteiger charge is 2.09. The maximum atomic E-state index is 12.0. The van der Waals surface area contributed by atoms with Crippen LogP contribution >= 0.6 is 0 Å². The third kappa shape index (κ3) is 5.11. The molecule has 0 heterocycles. The Bertz CT molecular complexity index is 851. The molecule has 0 aliphatic heterocycles. The second-order valence-corrected chi connectivity index (χ2v) is 5.06. The number of aromatic hydroxyl groups is 1. The molecule has 0 unspecified atom stereocenters. The van der Waals surface area contributed by atoms with Crippen molar-refractivity contribution in [1.29, 1.82) is 5.26 Å². The van der Waals surface area contributed by atoms with Gasteiger partial charge < -0.3 is 20.8 Å². The number of phenolic OH excluding ortho intramolecular Hbond substituents is 1. The zero-order chi connectivity index (χ0) is 18.2. The molecule has 2 rings (SSSR count). The predicted octanol–water partition coefficient (Wildman–Crippen LogP) is 2.23. The molecule has 0 radical (unpaired) electrons. The van der Waals surface area contributed by atoms with Gasteiger partial charge in [-0.15, -0.1) is 0 Å². The molecule has 2 aromatic rings. The van der Waals surface area contributed by atoms with Gasteiger partial charge in [0.25, 0.3) is 5.91 Å². The topological polar surface area (TPSA) is 122 Å². The molecule has 0 fully saturated rings. The van der Waals surface area contributed by atoms with Crippen molar-refractivity contribution in [3.63, 3.8) is 0 Å². The molecule has 0 atom stereocenters. The molecule has 7 nitrogen and oxygen atoms in total. The van der Waals surface area contributed by atoms with Gasteiger partial charge >= 0.3 is 5.97 Å². The second-order valence-electron chi connectivity index (χ2n) is 5.06. The van der Waals surface area contributed by atoms with Crippen LogP contribution in [0.5, 0.6) is 5.75 Å². The van der Waals surface area contributed by atoms with Gasteiger partial charge in [-0.3, -0.25) is 4.79 Å². The highest BCUT2D eigenvalue weighted by molar-refractivity contribution is 6.06.